The summed E-state index contributed by atoms with van der Waals surface area (Å²) in [6.07, 6.45) is 1.32. The van der Waals surface area contributed by atoms with Gasteiger partial charge in [-0.25, -0.2) is 0 Å². The molecule has 0 heterocycles. The molecule has 0 fully saturated rings. The van der Waals surface area contributed by atoms with Gasteiger partial charge in [-0.15, -0.1) is 0 Å². The molecule has 0 unspecified atom stereocenters. The molecule has 14 heavy (non-hydrogen) atoms. The van der Waals surface area contributed by atoms with Crippen LogP contribution in [0.1, 0.15) is 29.3 Å². The Labute approximate surface area is 81.7 Å². The number of Topliss-reactive ketones (excluding diaryl/α,β-unsaturated/α-hetero) is 1. The molecule has 3 heteroatoms. The van der Waals surface area contributed by atoms with E-state index < -0.39 is 0 Å². The van der Waals surface area contributed by atoms with Crippen LogP contribution in [0.15, 0.2) is 18.2 Å². The van der Waals surface area contributed by atoms with Crippen molar-refractivity contribution in [2.75, 3.05) is 0 Å². The molecule has 0 spiro atoms. The maximum atomic E-state index is 11.3. The van der Waals surface area contributed by atoms with Crippen LogP contribution in [0.4, 0.5) is 0 Å². The summed E-state index contributed by atoms with van der Waals surface area (Å²) in [5.41, 5.74) is 1.75. The van der Waals surface area contributed by atoms with Crippen molar-refractivity contribution in [3.63, 3.8) is 0 Å². The maximum absolute atomic E-state index is 11.3. The normalized spacial score (nSPS) is 13.9. The highest BCUT2D eigenvalue weighted by Crippen LogP contribution is 2.26. The molecule has 0 N–H and O–H groups in total. The number of esters is 1. The molecule has 0 saturated carbocycles. The second-order valence-corrected chi connectivity index (χ2v) is 3.34. The molecule has 1 aliphatic carbocycles. The van der Waals surface area contributed by atoms with Crippen LogP contribution in [0.2, 0.25) is 0 Å². The Balaban J connectivity index is 2.32. The van der Waals surface area contributed by atoms with Gasteiger partial charge >= 0.3 is 5.97 Å². The summed E-state index contributed by atoms with van der Waals surface area (Å²) >= 11 is 0. The number of hydrogen-bond acceptors (Lipinski definition) is 3. The predicted octanol–water partition coefficient (Wildman–Crippen LogP) is 1.74. The van der Waals surface area contributed by atoms with Gasteiger partial charge in [0.1, 0.15) is 5.75 Å². The topological polar surface area (TPSA) is 43.4 Å². The highest BCUT2D eigenvalue weighted by atomic mass is 16.5. The smallest absolute Gasteiger partial charge is 0.308 e. The third kappa shape index (κ3) is 1.53. The van der Waals surface area contributed by atoms with Crippen LogP contribution in [0.25, 0.3) is 0 Å². The third-order valence-corrected chi connectivity index (χ3v) is 2.26. The lowest BCUT2D eigenvalue weighted by molar-refractivity contribution is -0.131. The Morgan fingerprint density at radius 1 is 1.36 bits per heavy atom. The van der Waals surface area contributed by atoms with Gasteiger partial charge in [0, 0.05) is 18.9 Å². The van der Waals surface area contributed by atoms with Crippen LogP contribution < -0.4 is 4.74 Å². The zero-order chi connectivity index (χ0) is 10.1. The number of benzene rings is 1. The van der Waals surface area contributed by atoms with Gasteiger partial charge in [-0.3, -0.25) is 9.59 Å². The Kier molecular flexibility index (Phi) is 2.08. The zero-order valence-corrected chi connectivity index (χ0v) is 7.87. The van der Waals surface area contributed by atoms with Crippen LogP contribution in [0.3, 0.4) is 0 Å². The van der Waals surface area contributed by atoms with Crippen LogP contribution in [-0.2, 0) is 11.2 Å². The number of hydrogen-bond donors (Lipinski definition) is 0. The number of aryl methyl sites for hydroxylation is 1. The van der Waals surface area contributed by atoms with E-state index in [1.807, 2.05) is 0 Å². The standard InChI is InChI=1S/C11H10O3/c1-7(12)14-9-3-4-10-8(6-9)2-5-11(10)13/h3-4,6H,2,5H2,1H3. The molecule has 1 aromatic carbocycles. The Hall–Kier alpha value is -1.64. The Bertz CT molecular complexity index is 407. The fraction of sp³-hybridized carbons (Fsp3) is 0.273. The Morgan fingerprint density at radius 2 is 2.14 bits per heavy atom. The molecule has 0 bridgehead atoms. The summed E-state index contributed by atoms with van der Waals surface area (Å²) < 4.78 is 4.92. The molecular weight excluding hydrogens is 180 g/mol. The van der Waals surface area contributed by atoms with E-state index in [-0.39, 0.29) is 11.8 Å². The highest BCUT2D eigenvalue weighted by Gasteiger charge is 2.19. The summed E-state index contributed by atoms with van der Waals surface area (Å²) in [6.45, 7) is 1.36. The van der Waals surface area contributed by atoms with E-state index in [1.54, 1.807) is 18.2 Å². The maximum Gasteiger partial charge on any atom is 0.308 e. The van der Waals surface area contributed by atoms with E-state index >= 15 is 0 Å². The molecule has 0 saturated heterocycles. The largest absolute Gasteiger partial charge is 0.427 e. The Morgan fingerprint density at radius 3 is 2.86 bits per heavy atom. The van der Waals surface area contributed by atoms with Crippen molar-refractivity contribution in [2.24, 2.45) is 0 Å². The second kappa shape index (κ2) is 3.25. The molecular formula is C11H10O3. The van der Waals surface area contributed by atoms with Crippen molar-refractivity contribution in [3.8, 4) is 5.75 Å². The van der Waals surface area contributed by atoms with Gasteiger partial charge in [-0.1, -0.05) is 0 Å². The minimum absolute atomic E-state index is 0.175. The van der Waals surface area contributed by atoms with Crippen LogP contribution in [0, 0.1) is 0 Å². The van der Waals surface area contributed by atoms with E-state index in [0.717, 1.165) is 17.5 Å². The lowest BCUT2D eigenvalue weighted by atomic mass is 10.1. The van der Waals surface area contributed by atoms with Gasteiger partial charge < -0.3 is 4.74 Å². The number of ether oxygens (including phenoxy) is 1. The number of carbonyl (C=O) groups is 2. The molecule has 0 aliphatic heterocycles. The monoisotopic (exact) mass is 190 g/mol. The van der Waals surface area contributed by atoms with Crippen LogP contribution in [-0.4, -0.2) is 11.8 Å². The van der Waals surface area contributed by atoms with E-state index in [4.69, 9.17) is 4.74 Å². The quantitative estimate of drug-likeness (QED) is 0.500. The molecule has 3 nitrogen and oxygen atoms in total. The number of ketones is 1. The van der Waals surface area contributed by atoms with E-state index in [9.17, 15) is 9.59 Å². The zero-order valence-electron chi connectivity index (χ0n) is 7.87. The first-order chi connectivity index (χ1) is 6.66. The van der Waals surface area contributed by atoms with Crippen molar-refractivity contribution in [2.45, 2.75) is 19.8 Å². The third-order valence-electron chi connectivity index (χ3n) is 2.26. The molecule has 0 amide bonds. The van der Waals surface area contributed by atoms with Gasteiger partial charge in [0.05, 0.1) is 0 Å². The minimum Gasteiger partial charge on any atom is -0.427 e. The number of carbonyl (C=O) groups excluding carboxylic acids is 2. The first-order valence-corrected chi connectivity index (χ1v) is 4.51. The lowest BCUT2D eigenvalue weighted by Gasteiger charge is -2.02. The summed E-state index contributed by atoms with van der Waals surface area (Å²) in [6, 6.07) is 5.15. The van der Waals surface area contributed by atoms with Gasteiger partial charge in [0.2, 0.25) is 0 Å². The summed E-state index contributed by atoms with van der Waals surface area (Å²) in [5, 5.41) is 0. The van der Waals surface area contributed by atoms with E-state index in [2.05, 4.69) is 0 Å². The predicted molar refractivity (Wildman–Crippen MR) is 50.4 cm³/mol. The molecule has 1 aliphatic rings. The van der Waals surface area contributed by atoms with Crippen molar-refractivity contribution < 1.29 is 14.3 Å². The first kappa shape index (κ1) is 8.94. The van der Waals surface area contributed by atoms with E-state index in [1.165, 1.54) is 6.92 Å². The summed E-state index contributed by atoms with van der Waals surface area (Å²) in [7, 11) is 0. The van der Waals surface area contributed by atoms with Gasteiger partial charge in [0.25, 0.3) is 0 Å². The minimum atomic E-state index is -0.339. The van der Waals surface area contributed by atoms with Crippen LogP contribution >= 0.6 is 0 Å². The second-order valence-electron chi connectivity index (χ2n) is 3.34. The number of fused-ring (bicyclic) bond motifs is 1. The summed E-state index contributed by atoms with van der Waals surface area (Å²) in [5.74, 6) is 0.356. The lowest BCUT2D eigenvalue weighted by Crippen LogP contribution is -2.02. The average molecular weight is 190 g/mol. The molecule has 72 valence electrons. The summed E-state index contributed by atoms with van der Waals surface area (Å²) in [4.78, 5) is 22.0. The molecule has 1 aromatic rings. The van der Waals surface area contributed by atoms with E-state index in [0.29, 0.717) is 12.2 Å². The van der Waals surface area contributed by atoms with Gasteiger partial charge in [0.15, 0.2) is 5.78 Å². The SMILES string of the molecule is CC(=O)Oc1ccc2c(c1)CCC2=O. The van der Waals surface area contributed by atoms with Gasteiger partial charge in [-0.05, 0) is 30.2 Å². The average Bonchev–Trinajstić information content (AvgIpc) is 2.46. The fourth-order valence-corrected chi connectivity index (χ4v) is 1.66. The van der Waals surface area contributed by atoms with Crippen molar-refractivity contribution in [1.29, 1.82) is 0 Å². The van der Waals surface area contributed by atoms with Crippen molar-refractivity contribution in [3.05, 3.63) is 29.3 Å². The highest BCUT2D eigenvalue weighted by molar-refractivity contribution is 6.00. The van der Waals surface area contributed by atoms with Gasteiger partial charge in [-0.2, -0.15) is 0 Å². The molecule has 0 radical (unpaired) electrons. The molecule has 0 atom stereocenters. The molecule has 0 aromatic heterocycles. The first-order valence-electron chi connectivity index (χ1n) is 4.51. The fourth-order valence-electron chi connectivity index (χ4n) is 1.66. The van der Waals surface area contributed by atoms with Crippen LogP contribution in [0.5, 0.6) is 5.75 Å². The van der Waals surface area contributed by atoms with Crippen molar-refractivity contribution in [1.82, 2.24) is 0 Å². The van der Waals surface area contributed by atoms with Crippen molar-refractivity contribution >= 4 is 11.8 Å². The number of rotatable bonds is 1. The molecule has 2 rings (SSSR count).